The first-order valence-corrected chi connectivity index (χ1v) is 11.6. The number of rotatable bonds is 11. The SMILES string of the molecule is COc1ccccc1NC(=O)CS(=O)(=O)C(C)C(=O)NCCc1ccc(OC)c(OC)c1. The zero-order chi connectivity index (χ0) is 23.7. The summed E-state index contributed by atoms with van der Waals surface area (Å²) in [5, 5.41) is 3.72. The van der Waals surface area contributed by atoms with Crippen molar-refractivity contribution < 1.29 is 32.2 Å². The molecule has 2 amide bonds. The number of para-hydroxylation sites is 2. The summed E-state index contributed by atoms with van der Waals surface area (Å²) in [6, 6.07) is 12.0. The summed E-state index contributed by atoms with van der Waals surface area (Å²) in [6.07, 6.45) is 0.465. The third-order valence-electron chi connectivity index (χ3n) is 4.78. The summed E-state index contributed by atoms with van der Waals surface area (Å²) in [7, 11) is 0.492. The summed E-state index contributed by atoms with van der Waals surface area (Å²) in [5.41, 5.74) is 1.23. The van der Waals surface area contributed by atoms with Gasteiger partial charge in [0.05, 0.1) is 27.0 Å². The Bertz CT molecular complexity index is 1050. The number of nitrogens with one attached hydrogen (secondary N) is 2. The largest absolute Gasteiger partial charge is 0.495 e. The number of carbonyl (C=O) groups excluding carboxylic acids is 2. The summed E-state index contributed by atoms with van der Waals surface area (Å²) >= 11 is 0. The highest BCUT2D eigenvalue weighted by molar-refractivity contribution is 7.93. The lowest BCUT2D eigenvalue weighted by Crippen LogP contribution is -2.41. The van der Waals surface area contributed by atoms with Gasteiger partial charge < -0.3 is 24.8 Å². The summed E-state index contributed by atoms with van der Waals surface area (Å²) in [6.45, 7) is 1.49. The molecule has 0 fully saturated rings. The Hall–Kier alpha value is -3.27. The van der Waals surface area contributed by atoms with Crippen molar-refractivity contribution >= 4 is 27.3 Å². The third-order valence-corrected chi connectivity index (χ3v) is 6.74. The highest BCUT2D eigenvalue weighted by Gasteiger charge is 2.30. The van der Waals surface area contributed by atoms with Crippen LogP contribution < -0.4 is 24.8 Å². The number of ether oxygens (including phenoxy) is 3. The fourth-order valence-electron chi connectivity index (χ4n) is 2.91. The lowest BCUT2D eigenvalue weighted by atomic mass is 10.1. The molecule has 0 aliphatic carbocycles. The van der Waals surface area contributed by atoms with E-state index in [-0.39, 0.29) is 6.54 Å². The smallest absolute Gasteiger partial charge is 0.239 e. The molecular weight excluding hydrogens is 436 g/mol. The van der Waals surface area contributed by atoms with Crippen molar-refractivity contribution in [2.45, 2.75) is 18.6 Å². The van der Waals surface area contributed by atoms with Crippen LogP contribution in [0.1, 0.15) is 12.5 Å². The van der Waals surface area contributed by atoms with Crippen molar-refractivity contribution in [3.8, 4) is 17.2 Å². The van der Waals surface area contributed by atoms with Gasteiger partial charge in [0, 0.05) is 6.54 Å². The van der Waals surface area contributed by atoms with Crippen LogP contribution >= 0.6 is 0 Å². The van der Waals surface area contributed by atoms with Gasteiger partial charge >= 0.3 is 0 Å². The first kappa shape index (κ1) is 25.0. The Kier molecular flexibility index (Phi) is 8.89. The molecule has 0 heterocycles. The molecule has 10 heteroatoms. The minimum atomic E-state index is -4.01. The van der Waals surface area contributed by atoms with E-state index in [1.807, 2.05) is 6.07 Å². The molecule has 32 heavy (non-hydrogen) atoms. The lowest BCUT2D eigenvalue weighted by molar-refractivity contribution is -0.120. The van der Waals surface area contributed by atoms with Crippen molar-refractivity contribution in [2.75, 3.05) is 38.9 Å². The number of amides is 2. The standard InChI is InChI=1S/C22H28N2O7S/c1-15(22(26)23-12-11-16-9-10-19(30-3)20(13-16)31-4)32(27,28)14-21(25)24-17-7-5-6-8-18(17)29-2/h5-10,13,15H,11-12,14H2,1-4H3,(H,23,26)(H,24,25). The van der Waals surface area contributed by atoms with E-state index < -0.39 is 32.7 Å². The predicted octanol–water partition coefficient (Wildman–Crippen LogP) is 1.81. The molecule has 1 atom stereocenters. The van der Waals surface area contributed by atoms with Crippen LogP contribution in [0.3, 0.4) is 0 Å². The van der Waals surface area contributed by atoms with E-state index >= 15 is 0 Å². The van der Waals surface area contributed by atoms with Gasteiger partial charge in [-0.1, -0.05) is 18.2 Å². The van der Waals surface area contributed by atoms with Gasteiger partial charge in [-0.3, -0.25) is 9.59 Å². The Morgan fingerprint density at radius 1 is 0.938 bits per heavy atom. The second-order valence-corrected chi connectivity index (χ2v) is 9.25. The fourth-order valence-corrected chi connectivity index (χ4v) is 4.01. The van der Waals surface area contributed by atoms with Crippen LogP contribution in [0.2, 0.25) is 0 Å². The first-order chi connectivity index (χ1) is 15.2. The Labute approximate surface area is 188 Å². The van der Waals surface area contributed by atoms with Gasteiger partial charge in [-0.05, 0) is 43.2 Å². The quantitative estimate of drug-likeness (QED) is 0.520. The number of hydrogen-bond acceptors (Lipinski definition) is 7. The van der Waals surface area contributed by atoms with E-state index in [0.29, 0.717) is 29.4 Å². The molecule has 0 bridgehead atoms. The zero-order valence-electron chi connectivity index (χ0n) is 18.5. The molecule has 2 rings (SSSR count). The molecule has 0 aromatic heterocycles. The van der Waals surface area contributed by atoms with Crippen LogP contribution in [0.15, 0.2) is 42.5 Å². The number of carbonyl (C=O) groups is 2. The van der Waals surface area contributed by atoms with Crippen molar-refractivity contribution in [3.05, 3.63) is 48.0 Å². The number of benzene rings is 2. The summed E-state index contributed by atoms with van der Waals surface area (Å²) < 4.78 is 40.6. The molecule has 2 aromatic rings. The summed E-state index contributed by atoms with van der Waals surface area (Å²) in [5.74, 6) is -0.691. The Morgan fingerprint density at radius 3 is 2.25 bits per heavy atom. The molecule has 1 unspecified atom stereocenters. The van der Waals surface area contributed by atoms with Crippen LogP contribution in [0.5, 0.6) is 17.2 Å². The van der Waals surface area contributed by atoms with E-state index in [0.717, 1.165) is 5.56 Å². The molecular formula is C22H28N2O7S. The molecule has 0 saturated carbocycles. The molecule has 174 valence electrons. The minimum absolute atomic E-state index is 0.224. The highest BCUT2D eigenvalue weighted by Crippen LogP contribution is 2.27. The molecule has 0 spiro atoms. The maximum absolute atomic E-state index is 12.5. The molecule has 2 aromatic carbocycles. The van der Waals surface area contributed by atoms with Crippen molar-refractivity contribution in [1.29, 1.82) is 0 Å². The van der Waals surface area contributed by atoms with Crippen LogP contribution in [-0.4, -0.2) is 59.1 Å². The predicted molar refractivity (Wildman–Crippen MR) is 121 cm³/mol. The minimum Gasteiger partial charge on any atom is -0.495 e. The maximum atomic E-state index is 12.5. The van der Waals surface area contributed by atoms with Gasteiger partial charge in [0.1, 0.15) is 16.8 Å². The van der Waals surface area contributed by atoms with Gasteiger partial charge in [0.15, 0.2) is 21.3 Å². The van der Waals surface area contributed by atoms with Crippen LogP contribution in [0.25, 0.3) is 0 Å². The van der Waals surface area contributed by atoms with Crippen LogP contribution in [0.4, 0.5) is 5.69 Å². The average molecular weight is 465 g/mol. The second-order valence-electron chi connectivity index (χ2n) is 6.93. The average Bonchev–Trinajstić information content (AvgIpc) is 2.78. The highest BCUT2D eigenvalue weighted by atomic mass is 32.2. The van der Waals surface area contributed by atoms with Gasteiger partial charge in [-0.2, -0.15) is 0 Å². The van der Waals surface area contributed by atoms with E-state index in [2.05, 4.69) is 10.6 Å². The van der Waals surface area contributed by atoms with Crippen molar-refractivity contribution in [3.63, 3.8) is 0 Å². The normalized spacial score (nSPS) is 11.9. The lowest BCUT2D eigenvalue weighted by Gasteiger charge is -2.14. The van der Waals surface area contributed by atoms with Gasteiger partial charge in [0.25, 0.3) is 0 Å². The second kappa shape index (κ2) is 11.4. The van der Waals surface area contributed by atoms with Gasteiger partial charge in [-0.15, -0.1) is 0 Å². The number of hydrogen-bond donors (Lipinski definition) is 2. The Balaban J connectivity index is 1.91. The Morgan fingerprint density at radius 2 is 1.59 bits per heavy atom. The van der Waals surface area contributed by atoms with Gasteiger partial charge in [-0.25, -0.2) is 8.42 Å². The maximum Gasteiger partial charge on any atom is 0.239 e. The third kappa shape index (κ3) is 6.61. The first-order valence-electron chi connectivity index (χ1n) is 9.85. The number of sulfone groups is 1. The van der Waals surface area contributed by atoms with E-state index in [9.17, 15) is 18.0 Å². The zero-order valence-corrected chi connectivity index (χ0v) is 19.3. The van der Waals surface area contributed by atoms with Crippen molar-refractivity contribution in [2.24, 2.45) is 0 Å². The van der Waals surface area contributed by atoms with Gasteiger partial charge in [0.2, 0.25) is 11.8 Å². The van der Waals surface area contributed by atoms with E-state index in [4.69, 9.17) is 14.2 Å². The molecule has 9 nitrogen and oxygen atoms in total. The molecule has 0 aliphatic heterocycles. The van der Waals surface area contributed by atoms with E-state index in [1.165, 1.54) is 28.3 Å². The molecule has 2 N–H and O–H groups in total. The summed E-state index contributed by atoms with van der Waals surface area (Å²) in [4.78, 5) is 24.6. The molecule has 0 radical (unpaired) electrons. The number of anilines is 1. The van der Waals surface area contributed by atoms with Crippen LogP contribution in [0, 0.1) is 0 Å². The number of methoxy groups -OCH3 is 3. The van der Waals surface area contributed by atoms with Crippen molar-refractivity contribution in [1.82, 2.24) is 5.32 Å². The molecule has 0 aliphatic rings. The van der Waals surface area contributed by atoms with Crippen LogP contribution in [-0.2, 0) is 25.8 Å². The molecule has 0 saturated heterocycles. The topological polar surface area (TPSA) is 120 Å². The monoisotopic (exact) mass is 464 g/mol. The fraction of sp³-hybridized carbons (Fsp3) is 0.364. The van der Waals surface area contributed by atoms with E-state index in [1.54, 1.807) is 36.4 Å².